The van der Waals surface area contributed by atoms with Crippen LogP contribution < -0.4 is 4.74 Å². The number of hydrogen-bond donors (Lipinski definition) is 1. The molecule has 0 bridgehead atoms. The van der Waals surface area contributed by atoms with Crippen LogP contribution in [0.2, 0.25) is 5.02 Å². The van der Waals surface area contributed by atoms with Crippen molar-refractivity contribution in [2.45, 2.75) is 6.54 Å². The van der Waals surface area contributed by atoms with Gasteiger partial charge in [-0.05, 0) is 25.7 Å². The molecule has 0 aliphatic heterocycles. The first kappa shape index (κ1) is 12.6. The summed E-state index contributed by atoms with van der Waals surface area (Å²) in [5, 5.41) is 1.74. The van der Waals surface area contributed by atoms with Gasteiger partial charge in [0.15, 0.2) is 0 Å². The Bertz CT molecular complexity index is 551. The molecule has 92 valence electrons. The molecule has 1 aromatic heterocycles. The Labute approximate surface area is 111 Å². The number of fused-ring (bicyclic) bond motifs is 1. The van der Waals surface area contributed by atoms with Crippen molar-refractivity contribution in [1.29, 1.82) is 0 Å². The number of halogens is 1. The lowest BCUT2D eigenvalue weighted by Crippen LogP contribution is -2.10. The van der Waals surface area contributed by atoms with E-state index in [9.17, 15) is 0 Å². The molecule has 0 aliphatic rings. The minimum atomic E-state index is 0.698. The minimum absolute atomic E-state index is 0.698. The van der Waals surface area contributed by atoms with Gasteiger partial charge in [0.2, 0.25) is 0 Å². The molecule has 2 rings (SSSR count). The van der Waals surface area contributed by atoms with Gasteiger partial charge in [-0.25, -0.2) is 0 Å². The van der Waals surface area contributed by atoms with E-state index in [-0.39, 0.29) is 0 Å². The molecule has 0 saturated heterocycles. The third kappa shape index (κ3) is 2.39. The Morgan fingerprint density at radius 2 is 2.12 bits per heavy atom. The van der Waals surface area contributed by atoms with Gasteiger partial charge >= 0.3 is 0 Å². The molecule has 1 aromatic carbocycles. The fraction of sp³-hybridized carbons (Fsp3) is 0.333. The summed E-state index contributed by atoms with van der Waals surface area (Å²) in [6.45, 7) is 0.829. The predicted octanol–water partition coefficient (Wildman–Crippen LogP) is 3.06. The third-order valence-electron chi connectivity index (χ3n) is 2.61. The van der Waals surface area contributed by atoms with Gasteiger partial charge in [-0.3, -0.25) is 3.97 Å². The second-order valence-electron chi connectivity index (χ2n) is 4.24. The van der Waals surface area contributed by atoms with Crippen molar-refractivity contribution in [1.82, 2.24) is 8.87 Å². The smallest absolute Gasteiger partial charge is 0.122 e. The highest BCUT2D eigenvalue weighted by Crippen LogP contribution is 2.33. The van der Waals surface area contributed by atoms with Gasteiger partial charge in [0, 0.05) is 24.2 Å². The van der Waals surface area contributed by atoms with E-state index in [4.69, 9.17) is 16.3 Å². The van der Waals surface area contributed by atoms with E-state index in [1.807, 2.05) is 32.4 Å². The molecule has 1 heterocycles. The van der Waals surface area contributed by atoms with Crippen molar-refractivity contribution >= 4 is 35.3 Å². The summed E-state index contributed by atoms with van der Waals surface area (Å²) < 4.78 is 6.99. The molecule has 0 atom stereocenters. The molecular formula is C12H15ClN2OS. The summed E-state index contributed by atoms with van der Waals surface area (Å²) >= 11 is 10.7. The Hall–Kier alpha value is -0.840. The van der Waals surface area contributed by atoms with Crippen LogP contribution in [0, 0.1) is 0 Å². The summed E-state index contributed by atoms with van der Waals surface area (Å²) in [7, 11) is 5.68. The summed E-state index contributed by atoms with van der Waals surface area (Å²) in [5.74, 6) is 0.743. The zero-order chi connectivity index (χ0) is 12.6. The van der Waals surface area contributed by atoms with Crippen LogP contribution >= 0.6 is 24.4 Å². The number of ether oxygens (including phenoxy) is 1. The van der Waals surface area contributed by atoms with Crippen molar-refractivity contribution < 1.29 is 4.74 Å². The van der Waals surface area contributed by atoms with Gasteiger partial charge in [-0.15, -0.1) is 0 Å². The molecule has 0 amide bonds. The predicted molar refractivity (Wildman–Crippen MR) is 75.3 cm³/mol. The third-order valence-corrected chi connectivity index (χ3v) is 3.24. The second kappa shape index (κ2) is 4.80. The van der Waals surface area contributed by atoms with Gasteiger partial charge in [0.1, 0.15) is 5.75 Å². The molecule has 0 unspecified atom stereocenters. The number of thiol groups is 1. The number of aromatic nitrogens is 1. The standard InChI is InChI=1S/C12H15ClN2OS/c1-14(2)6-8-7-15(17)11-5-9(16-3)4-10(13)12(8)11/h4-5,7,17H,6H2,1-3H3. The monoisotopic (exact) mass is 270 g/mol. The molecule has 3 nitrogen and oxygen atoms in total. The highest BCUT2D eigenvalue weighted by molar-refractivity contribution is 7.78. The van der Waals surface area contributed by atoms with Crippen molar-refractivity contribution in [2.24, 2.45) is 0 Å². The highest BCUT2D eigenvalue weighted by atomic mass is 35.5. The van der Waals surface area contributed by atoms with Crippen LogP contribution in [0.3, 0.4) is 0 Å². The first-order chi connectivity index (χ1) is 8.02. The lowest BCUT2D eigenvalue weighted by Gasteiger charge is -2.09. The zero-order valence-electron chi connectivity index (χ0n) is 10.1. The Kier molecular flexibility index (Phi) is 3.56. The van der Waals surface area contributed by atoms with Crippen molar-refractivity contribution in [2.75, 3.05) is 21.2 Å². The Balaban J connectivity index is 2.65. The molecule has 2 aromatic rings. The first-order valence-electron chi connectivity index (χ1n) is 5.24. The van der Waals surface area contributed by atoms with E-state index >= 15 is 0 Å². The molecule has 17 heavy (non-hydrogen) atoms. The summed E-state index contributed by atoms with van der Waals surface area (Å²) in [5.41, 5.74) is 2.13. The molecule has 0 saturated carbocycles. The maximum absolute atomic E-state index is 6.30. The molecule has 0 aliphatic carbocycles. The van der Waals surface area contributed by atoms with E-state index < -0.39 is 0 Å². The van der Waals surface area contributed by atoms with Crippen LogP contribution in [0.1, 0.15) is 5.56 Å². The van der Waals surface area contributed by atoms with E-state index in [2.05, 4.69) is 17.7 Å². The van der Waals surface area contributed by atoms with Crippen molar-refractivity contribution in [3.05, 3.63) is 28.9 Å². The lowest BCUT2D eigenvalue weighted by molar-refractivity contribution is 0.404. The van der Waals surface area contributed by atoms with Crippen molar-refractivity contribution in [3.8, 4) is 5.75 Å². The first-order valence-corrected chi connectivity index (χ1v) is 6.02. The molecule has 0 fully saturated rings. The number of rotatable bonds is 3. The average molecular weight is 271 g/mol. The molecule has 0 radical (unpaired) electrons. The van der Waals surface area contributed by atoms with Crippen LogP contribution in [0.15, 0.2) is 18.3 Å². The number of nitrogens with zero attached hydrogens (tertiary/aromatic N) is 2. The van der Waals surface area contributed by atoms with Crippen LogP contribution in [0.4, 0.5) is 0 Å². The summed E-state index contributed by atoms with van der Waals surface area (Å²) in [6, 6.07) is 3.77. The number of hydrogen-bond acceptors (Lipinski definition) is 3. The van der Waals surface area contributed by atoms with Gasteiger partial charge < -0.3 is 9.64 Å². The van der Waals surface area contributed by atoms with Gasteiger partial charge in [0.05, 0.1) is 17.6 Å². The number of benzene rings is 1. The topological polar surface area (TPSA) is 17.4 Å². The van der Waals surface area contributed by atoms with Crippen LogP contribution in [-0.2, 0) is 6.54 Å². The number of methoxy groups -OCH3 is 1. The highest BCUT2D eigenvalue weighted by Gasteiger charge is 2.13. The van der Waals surface area contributed by atoms with E-state index in [1.54, 1.807) is 11.1 Å². The van der Waals surface area contributed by atoms with Crippen LogP contribution in [0.5, 0.6) is 5.75 Å². The van der Waals surface area contributed by atoms with E-state index in [0.29, 0.717) is 5.02 Å². The molecular weight excluding hydrogens is 256 g/mol. The normalized spacial score (nSPS) is 11.4. The zero-order valence-corrected chi connectivity index (χ0v) is 11.7. The Morgan fingerprint density at radius 1 is 1.41 bits per heavy atom. The minimum Gasteiger partial charge on any atom is -0.497 e. The SMILES string of the molecule is COc1cc(Cl)c2c(CN(C)C)cn(S)c2c1. The maximum Gasteiger partial charge on any atom is 0.122 e. The van der Waals surface area contributed by atoms with Gasteiger partial charge in [0.25, 0.3) is 0 Å². The molecule has 0 spiro atoms. The van der Waals surface area contributed by atoms with Gasteiger partial charge in [-0.1, -0.05) is 24.4 Å². The summed E-state index contributed by atoms with van der Waals surface area (Å²) in [6.07, 6.45) is 1.99. The lowest BCUT2D eigenvalue weighted by atomic mass is 10.1. The fourth-order valence-electron chi connectivity index (χ4n) is 1.93. The van der Waals surface area contributed by atoms with E-state index in [0.717, 1.165) is 28.8 Å². The van der Waals surface area contributed by atoms with Gasteiger partial charge in [-0.2, -0.15) is 0 Å². The fourth-order valence-corrected chi connectivity index (χ4v) is 2.55. The quantitative estimate of drug-likeness (QED) is 0.864. The summed E-state index contributed by atoms with van der Waals surface area (Å²) in [4.78, 5) is 2.10. The van der Waals surface area contributed by atoms with Crippen LogP contribution in [0.25, 0.3) is 10.9 Å². The van der Waals surface area contributed by atoms with E-state index in [1.165, 1.54) is 0 Å². The average Bonchev–Trinajstić information content (AvgIpc) is 2.55. The Morgan fingerprint density at radius 3 is 2.71 bits per heavy atom. The molecule has 5 heteroatoms. The largest absolute Gasteiger partial charge is 0.497 e. The molecule has 0 N–H and O–H groups in total. The second-order valence-corrected chi connectivity index (χ2v) is 5.08. The van der Waals surface area contributed by atoms with Crippen LogP contribution in [-0.4, -0.2) is 30.1 Å². The maximum atomic E-state index is 6.30. The van der Waals surface area contributed by atoms with Crippen molar-refractivity contribution in [3.63, 3.8) is 0 Å².